The molecule has 0 radical (unpaired) electrons. The second-order valence-electron chi connectivity index (χ2n) is 4.27. The molecule has 0 aromatic heterocycles. The van der Waals surface area contributed by atoms with Crippen LogP contribution in [0.1, 0.15) is 0 Å². The molecule has 1 rings (SSSR count). The molecule has 0 saturated heterocycles. The van der Waals surface area contributed by atoms with Crippen molar-refractivity contribution in [2.45, 2.75) is 24.5 Å². The summed E-state index contributed by atoms with van der Waals surface area (Å²) < 4.78 is 4.55. The topological polar surface area (TPSA) is 0 Å². The molecule has 0 unspecified atom stereocenters. The predicted octanol–water partition coefficient (Wildman–Crippen LogP) is 4.87. The zero-order valence-corrected chi connectivity index (χ0v) is 14.5. The van der Waals surface area contributed by atoms with Gasteiger partial charge in [-0.3, -0.25) is 0 Å². The second kappa shape index (κ2) is 6.54. The first-order valence-electron chi connectivity index (χ1n) is 4.76. The van der Waals surface area contributed by atoms with E-state index < -0.39 is 21.6 Å². The van der Waals surface area contributed by atoms with Gasteiger partial charge in [0.05, 0.1) is 0 Å². The first kappa shape index (κ1) is 14.7. The van der Waals surface area contributed by atoms with E-state index in [1.807, 2.05) is 18.2 Å². The van der Waals surface area contributed by atoms with E-state index in [1.165, 1.54) is 9.42 Å². The fraction of sp³-hybridized carbons (Fsp3) is 0.273. The van der Waals surface area contributed by atoms with Gasteiger partial charge in [0.15, 0.2) is 0 Å². The van der Waals surface area contributed by atoms with Crippen LogP contribution < -0.4 is 0 Å². The fourth-order valence-corrected chi connectivity index (χ4v) is 8.77. The van der Waals surface area contributed by atoms with Crippen LogP contribution in [0.25, 0.3) is 0 Å². The molecule has 5 heteroatoms. The van der Waals surface area contributed by atoms with Crippen LogP contribution in [-0.4, -0.2) is 12.3 Å². The minimum atomic E-state index is -1.84. The standard InChI is InChI=1S/C11H14SSi.2ClH.Ru/c1-10(13(2,3)4)12-11-8-6-5-7-9-11;;;/h5-9H,2-4H3;2*1H;/q;;;+2/p-2. The van der Waals surface area contributed by atoms with Crippen molar-refractivity contribution in [1.82, 2.24) is 0 Å². The maximum atomic E-state index is 5.93. The van der Waals surface area contributed by atoms with E-state index in [9.17, 15) is 0 Å². The molecule has 0 N–H and O–H groups in total. The van der Waals surface area contributed by atoms with Crippen molar-refractivity contribution < 1.29 is 13.5 Å². The van der Waals surface area contributed by atoms with E-state index in [0.717, 1.165) is 0 Å². The fourth-order valence-electron chi connectivity index (χ4n) is 0.971. The number of benzene rings is 1. The molecule has 1 aromatic carbocycles. The SMILES string of the molecule is C[Si](C)(C)C(=[C]=[Ru]([Cl])[Cl])Sc1ccccc1. The Morgan fingerprint density at radius 2 is 1.75 bits per heavy atom. The van der Waals surface area contributed by atoms with Crippen molar-refractivity contribution in [3.05, 3.63) is 34.9 Å². The van der Waals surface area contributed by atoms with Gasteiger partial charge >= 0.3 is 116 Å². The molecule has 0 heterocycles. The zero-order chi connectivity index (χ0) is 12.2. The normalized spacial score (nSPS) is 11.9. The van der Waals surface area contributed by atoms with Crippen LogP contribution in [0.3, 0.4) is 0 Å². The maximum absolute atomic E-state index is 5.93. The summed E-state index contributed by atoms with van der Waals surface area (Å²) in [6.07, 6.45) is 0. The summed E-state index contributed by atoms with van der Waals surface area (Å²) >= 11 is -0.0800. The van der Waals surface area contributed by atoms with Gasteiger partial charge < -0.3 is 0 Å². The summed E-state index contributed by atoms with van der Waals surface area (Å²) in [6.45, 7) is 6.86. The Kier molecular flexibility index (Phi) is 6.01. The molecule has 16 heavy (non-hydrogen) atoms. The Bertz CT molecular complexity index is 415. The molecule has 1 aromatic rings. The van der Waals surface area contributed by atoms with Gasteiger partial charge in [0.1, 0.15) is 0 Å². The van der Waals surface area contributed by atoms with Crippen molar-refractivity contribution >= 4 is 43.5 Å². The van der Waals surface area contributed by atoms with Crippen molar-refractivity contribution in [3.63, 3.8) is 0 Å². The third kappa shape index (κ3) is 5.31. The number of rotatable bonds is 3. The molecular formula is C11H14Cl2RuSSi. The molecule has 0 spiro atoms. The van der Waals surface area contributed by atoms with Crippen molar-refractivity contribution in [2.75, 3.05) is 0 Å². The number of hydrogen-bond acceptors (Lipinski definition) is 1. The average Bonchev–Trinajstić information content (AvgIpc) is 2.16. The number of halogens is 2. The average molecular weight is 378 g/mol. The van der Waals surface area contributed by atoms with Gasteiger partial charge in [-0.15, -0.1) is 0 Å². The first-order chi connectivity index (χ1) is 7.39. The molecule has 0 saturated carbocycles. The van der Waals surface area contributed by atoms with E-state index >= 15 is 0 Å². The molecule has 0 aliphatic heterocycles. The van der Waals surface area contributed by atoms with Crippen molar-refractivity contribution in [1.29, 1.82) is 0 Å². The van der Waals surface area contributed by atoms with Gasteiger partial charge in [-0.25, -0.2) is 0 Å². The van der Waals surface area contributed by atoms with E-state index in [4.69, 9.17) is 19.4 Å². The monoisotopic (exact) mass is 378 g/mol. The Morgan fingerprint density at radius 3 is 2.19 bits per heavy atom. The minimum absolute atomic E-state index is 1.23. The first-order valence-corrected chi connectivity index (χ1v) is 14.4. The summed E-state index contributed by atoms with van der Waals surface area (Å²) in [5.41, 5.74) is 0. The Balaban J connectivity index is 3.04. The van der Waals surface area contributed by atoms with Crippen LogP contribution in [-0.2, 0) is 13.5 Å². The number of thioether (sulfide) groups is 1. The molecular weight excluding hydrogens is 364 g/mol. The summed E-state index contributed by atoms with van der Waals surface area (Å²) in [6, 6.07) is 10.3. The van der Waals surface area contributed by atoms with Crippen LogP contribution in [0.5, 0.6) is 0 Å². The third-order valence-electron chi connectivity index (χ3n) is 1.79. The third-order valence-corrected chi connectivity index (χ3v) is 8.47. The summed E-state index contributed by atoms with van der Waals surface area (Å²) in [5.74, 6) is 0. The summed E-state index contributed by atoms with van der Waals surface area (Å²) in [4.78, 5) is 1.23. The molecule has 0 nitrogen and oxygen atoms in total. The van der Waals surface area contributed by atoms with Gasteiger partial charge in [0.2, 0.25) is 0 Å². The quantitative estimate of drug-likeness (QED) is 0.534. The summed E-state index contributed by atoms with van der Waals surface area (Å²) in [7, 11) is 10.5. The van der Waals surface area contributed by atoms with E-state index in [-0.39, 0.29) is 0 Å². The summed E-state index contributed by atoms with van der Waals surface area (Å²) in [5, 5.41) is 0. The van der Waals surface area contributed by atoms with Crippen LogP contribution in [0.2, 0.25) is 19.6 Å². The van der Waals surface area contributed by atoms with Gasteiger partial charge in [-0.1, -0.05) is 0 Å². The van der Waals surface area contributed by atoms with Crippen molar-refractivity contribution in [2.24, 2.45) is 0 Å². The molecule has 0 bridgehead atoms. The Hall–Kier alpha value is 0.640. The van der Waals surface area contributed by atoms with E-state index in [0.29, 0.717) is 0 Å². The number of hydrogen-bond donors (Lipinski definition) is 0. The van der Waals surface area contributed by atoms with Gasteiger partial charge in [-0.05, 0) is 0 Å². The van der Waals surface area contributed by atoms with Gasteiger partial charge in [-0.2, -0.15) is 0 Å². The molecule has 0 aliphatic carbocycles. The Labute approximate surface area is 116 Å². The van der Waals surface area contributed by atoms with Gasteiger partial charge in [0.25, 0.3) is 0 Å². The molecule has 0 aliphatic rings. The molecule has 90 valence electrons. The van der Waals surface area contributed by atoms with Crippen molar-refractivity contribution in [3.8, 4) is 0 Å². The molecule has 0 amide bonds. The Morgan fingerprint density at radius 1 is 1.19 bits per heavy atom. The predicted molar refractivity (Wildman–Crippen MR) is 75.9 cm³/mol. The molecule has 0 fully saturated rings. The van der Waals surface area contributed by atoms with Crippen LogP contribution in [0.15, 0.2) is 39.8 Å². The molecule has 0 atom stereocenters. The van der Waals surface area contributed by atoms with Crippen LogP contribution >= 0.6 is 31.1 Å². The van der Waals surface area contributed by atoms with Crippen LogP contribution in [0.4, 0.5) is 0 Å². The van der Waals surface area contributed by atoms with Crippen LogP contribution in [0, 0.1) is 0 Å². The van der Waals surface area contributed by atoms with E-state index in [1.54, 1.807) is 11.8 Å². The zero-order valence-electron chi connectivity index (χ0n) is 9.40. The second-order valence-corrected chi connectivity index (χ2v) is 16.0. The van der Waals surface area contributed by atoms with Gasteiger partial charge in [0, 0.05) is 0 Å². The van der Waals surface area contributed by atoms with E-state index in [2.05, 4.69) is 36.0 Å².